The number of rotatable bonds is 5. The second-order valence-electron chi connectivity index (χ2n) is 11.2. The molecule has 0 bridgehead atoms. The molecule has 43 heavy (non-hydrogen) atoms. The summed E-state index contributed by atoms with van der Waals surface area (Å²) in [6, 6.07) is 43.3. The number of fused-ring (bicyclic) bond motifs is 3. The molecule has 0 radical (unpaired) electrons. The number of aryl methyl sites for hydroxylation is 1. The van der Waals surface area contributed by atoms with Crippen LogP contribution in [-0.2, 0) is 15.9 Å². The first-order chi connectivity index (χ1) is 21.0. The Morgan fingerprint density at radius 1 is 0.558 bits per heavy atom. The van der Waals surface area contributed by atoms with Crippen LogP contribution in [0, 0.1) is 6.92 Å². The standard InChI is InChI=1S/C39H30O4/c1-25-10-2-8-16-33(25)36-34-17-9-7-15-30(34)24-35(42-38(40)31-20-18-26-11-3-5-13-28(26)22-31)37(36)43-39(41)32-21-19-27-12-4-6-14-29(27)23-32/h2-23,35-37H,24H2,1H3. The van der Waals surface area contributed by atoms with Crippen LogP contribution in [-0.4, -0.2) is 24.1 Å². The number of carbonyl (C=O) groups is 2. The van der Waals surface area contributed by atoms with Crippen LogP contribution in [0.4, 0.5) is 0 Å². The van der Waals surface area contributed by atoms with E-state index in [0.717, 1.165) is 43.8 Å². The summed E-state index contributed by atoms with van der Waals surface area (Å²) >= 11 is 0. The molecule has 0 fully saturated rings. The number of hydrogen-bond acceptors (Lipinski definition) is 4. The number of carbonyl (C=O) groups excluding carboxylic acids is 2. The van der Waals surface area contributed by atoms with Gasteiger partial charge in [0.05, 0.1) is 17.0 Å². The summed E-state index contributed by atoms with van der Waals surface area (Å²) in [7, 11) is 0. The molecule has 6 aromatic rings. The first-order valence-electron chi connectivity index (χ1n) is 14.6. The van der Waals surface area contributed by atoms with Crippen molar-refractivity contribution >= 4 is 33.5 Å². The number of esters is 2. The zero-order chi connectivity index (χ0) is 29.3. The lowest BCUT2D eigenvalue weighted by atomic mass is 9.74. The van der Waals surface area contributed by atoms with E-state index in [1.54, 1.807) is 12.1 Å². The molecule has 3 atom stereocenters. The molecule has 0 spiro atoms. The average Bonchev–Trinajstić information content (AvgIpc) is 3.05. The smallest absolute Gasteiger partial charge is 0.338 e. The lowest BCUT2D eigenvalue weighted by Gasteiger charge is -2.39. The maximum atomic E-state index is 13.8. The van der Waals surface area contributed by atoms with Crippen LogP contribution in [0.25, 0.3) is 21.5 Å². The molecule has 1 aliphatic carbocycles. The molecular formula is C39H30O4. The Bertz CT molecular complexity index is 1990. The molecule has 0 heterocycles. The molecule has 0 N–H and O–H groups in total. The largest absolute Gasteiger partial charge is 0.454 e. The highest BCUT2D eigenvalue weighted by Crippen LogP contribution is 2.41. The highest BCUT2D eigenvalue weighted by atomic mass is 16.6. The zero-order valence-electron chi connectivity index (χ0n) is 23.8. The minimum atomic E-state index is -0.737. The van der Waals surface area contributed by atoms with Gasteiger partial charge >= 0.3 is 11.9 Å². The van der Waals surface area contributed by atoms with Crippen LogP contribution in [0.2, 0.25) is 0 Å². The fourth-order valence-corrected chi connectivity index (χ4v) is 6.31. The minimum Gasteiger partial charge on any atom is -0.454 e. The summed E-state index contributed by atoms with van der Waals surface area (Å²) in [6.45, 7) is 2.06. The molecule has 4 nitrogen and oxygen atoms in total. The van der Waals surface area contributed by atoms with E-state index >= 15 is 0 Å². The lowest BCUT2D eigenvalue weighted by molar-refractivity contribution is -0.0449. The molecule has 3 unspecified atom stereocenters. The van der Waals surface area contributed by atoms with E-state index in [4.69, 9.17) is 9.47 Å². The molecule has 0 aliphatic heterocycles. The van der Waals surface area contributed by atoms with Gasteiger partial charge in [-0.3, -0.25) is 0 Å². The van der Waals surface area contributed by atoms with Crippen molar-refractivity contribution in [3.63, 3.8) is 0 Å². The third-order valence-electron chi connectivity index (χ3n) is 8.50. The first-order valence-corrected chi connectivity index (χ1v) is 14.6. The quantitative estimate of drug-likeness (QED) is 0.198. The van der Waals surface area contributed by atoms with Gasteiger partial charge in [0.1, 0.15) is 6.10 Å². The van der Waals surface area contributed by atoms with E-state index in [0.29, 0.717) is 17.5 Å². The summed E-state index contributed by atoms with van der Waals surface area (Å²) in [6.07, 6.45) is -0.990. The topological polar surface area (TPSA) is 52.6 Å². The van der Waals surface area contributed by atoms with Crippen LogP contribution in [0.5, 0.6) is 0 Å². The number of hydrogen-bond donors (Lipinski definition) is 0. The lowest BCUT2D eigenvalue weighted by Crippen LogP contribution is -2.45. The summed E-state index contributed by atoms with van der Waals surface area (Å²) in [5.74, 6) is -1.20. The molecular weight excluding hydrogens is 532 g/mol. The van der Waals surface area contributed by atoms with Gasteiger partial charge in [0.15, 0.2) is 6.10 Å². The Balaban J connectivity index is 1.29. The van der Waals surface area contributed by atoms with Crippen molar-refractivity contribution in [3.05, 3.63) is 167 Å². The molecule has 1 aliphatic rings. The van der Waals surface area contributed by atoms with E-state index in [1.165, 1.54) is 0 Å². The van der Waals surface area contributed by atoms with Crippen LogP contribution >= 0.6 is 0 Å². The van der Waals surface area contributed by atoms with Gasteiger partial charge in [-0.2, -0.15) is 0 Å². The molecule has 0 saturated heterocycles. The minimum absolute atomic E-state index is 0.315. The Morgan fingerprint density at radius 3 is 1.70 bits per heavy atom. The molecule has 4 heteroatoms. The monoisotopic (exact) mass is 562 g/mol. The Kier molecular flexibility index (Phi) is 6.96. The third-order valence-corrected chi connectivity index (χ3v) is 8.50. The highest BCUT2D eigenvalue weighted by Gasteiger charge is 2.43. The van der Waals surface area contributed by atoms with Gasteiger partial charge in [0, 0.05) is 6.42 Å². The third kappa shape index (κ3) is 5.17. The Labute approximate surface area is 250 Å². The highest BCUT2D eigenvalue weighted by molar-refractivity contribution is 5.96. The summed E-state index contributed by atoms with van der Waals surface area (Å²) < 4.78 is 12.7. The van der Waals surface area contributed by atoms with Crippen molar-refractivity contribution in [1.82, 2.24) is 0 Å². The van der Waals surface area contributed by atoms with Gasteiger partial charge in [-0.1, -0.05) is 109 Å². The maximum Gasteiger partial charge on any atom is 0.338 e. The van der Waals surface area contributed by atoms with Gasteiger partial charge in [-0.15, -0.1) is 0 Å². The van der Waals surface area contributed by atoms with Gasteiger partial charge in [-0.25, -0.2) is 9.59 Å². The molecule has 0 saturated carbocycles. The summed E-state index contributed by atoms with van der Waals surface area (Å²) in [5, 5.41) is 4.02. The van der Waals surface area contributed by atoms with Crippen molar-refractivity contribution in [1.29, 1.82) is 0 Å². The van der Waals surface area contributed by atoms with Crippen molar-refractivity contribution < 1.29 is 19.1 Å². The van der Waals surface area contributed by atoms with Crippen LogP contribution in [0.15, 0.2) is 133 Å². The van der Waals surface area contributed by atoms with Crippen molar-refractivity contribution in [2.75, 3.05) is 0 Å². The van der Waals surface area contributed by atoms with E-state index in [1.807, 2.05) is 97.1 Å². The molecule has 6 aromatic carbocycles. The number of benzene rings is 6. The molecule has 210 valence electrons. The van der Waals surface area contributed by atoms with Crippen LogP contribution < -0.4 is 0 Å². The fraction of sp³-hybridized carbons (Fsp3) is 0.128. The van der Waals surface area contributed by atoms with Gasteiger partial charge in [-0.05, 0) is 75.0 Å². The Hall–Kier alpha value is -5.22. The molecule has 0 amide bonds. The van der Waals surface area contributed by atoms with E-state index in [9.17, 15) is 9.59 Å². The Morgan fingerprint density at radius 2 is 1.07 bits per heavy atom. The normalized spacial score (nSPS) is 17.7. The maximum absolute atomic E-state index is 13.8. The summed E-state index contributed by atoms with van der Waals surface area (Å²) in [5.41, 5.74) is 5.19. The van der Waals surface area contributed by atoms with Crippen LogP contribution in [0.1, 0.15) is 48.9 Å². The summed E-state index contributed by atoms with van der Waals surface area (Å²) in [4.78, 5) is 27.5. The van der Waals surface area contributed by atoms with E-state index in [2.05, 4.69) is 31.2 Å². The van der Waals surface area contributed by atoms with Crippen molar-refractivity contribution in [2.45, 2.75) is 31.5 Å². The fourth-order valence-electron chi connectivity index (χ4n) is 6.31. The van der Waals surface area contributed by atoms with E-state index in [-0.39, 0.29) is 5.92 Å². The van der Waals surface area contributed by atoms with Gasteiger partial charge in [0.2, 0.25) is 0 Å². The van der Waals surface area contributed by atoms with Crippen molar-refractivity contribution in [2.24, 2.45) is 0 Å². The SMILES string of the molecule is Cc1ccccc1C1c2ccccc2CC(OC(=O)c2ccc3ccccc3c2)C1OC(=O)c1ccc2ccccc2c1. The second kappa shape index (κ2) is 11.2. The second-order valence-corrected chi connectivity index (χ2v) is 11.2. The van der Waals surface area contributed by atoms with Crippen molar-refractivity contribution in [3.8, 4) is 0 Å². The van der Waals surface area contributed by atoms with Gasteiger partial charge in [0.25, 0.3) is 0 Å². The van der Waals surface area contributed by atoms with Crippen LogP contribution in [0.3, 0.4) is 0 Å². The molecule has 0 aromatic heterocycles. The van der Waals surface area contributed by atoms with Gasteiger partial charge < -0.3 is 9.47 Å². The van der Waals surface area contributed by atoms with E-state index < -0.39 is 24.1 Å². The molecule has 7 rings (SSSR count). The predicted molar refractivity (Wildman–Crippen MR) is 169 cm³/mol. The predicted octanol–water partition coefficient (Wildman–Crippen LogP) is 8.44. The zero-order valence-corrected chi connectivity index (χ0v) is 23.8. The average molecular weight is 563 g/mol. The number of ether oxygens (including phenoxy) is 2. The first kappa shape index (κ1) is 26.7.